The molecule has 0 spiro atoms. The Morgan fingerprint density at radius 2 is 2.19 bits per heavy atom. The van der Waals surface area contributed by atoms with E-state index in [-0.39, 0.29) is 0 Å². The molecule has 1 aliphatic rings. The highest BCUT2D eigenvalue weighted by atomic mass is 15.2. The lowest BCUT2D eigenvalue weighted by molar-refractivity contribution is 0.535. The van der Waals surface area contributed by atoms with Crippen LogP contribution in [0.4, 0.5) is 0 Å². The van der Waals surface area contributed by atoms with Gasteiger partial charge in [0.1, 0.15) is 11.7 Å². The van der Waals surface area contributed by atoms with Gasteiger partial charge in [-0.15, -0.1) is 0 Å². The molecule has 1 aromatic rings. The highest BCUT2D eigenvalue weighted by Gasteiger charge is 2.18. The van der Waals surface area contributed by atoms with Crippen molar-refractivity contribution in [2.75, 3.05) is 27.2 Å². The van der Waals surface area contributed by atoms with Crippen molar-refractivity contribution in [2.45, 2.75) is 33.6 Å². The maximum atomic E-state index is 4.63. The molecule has 0 aromatic carbocycles. The molecular weight excluding hydrogens is 322 g/mol. The molecule has 5 nitrogen and oxygen atoms in total. The van der Waals surface area contributed by atoms with E-state index in [0.717, 1.165) is 48.9 Å². The molecule has 2 rings (SSSR count). The Kier molecular flexibility index (Phi) is 7.60. The van der Waals surface area contributed by atoms with E-state index in [4.69, 9.17) is 0 Å². The van der Waals surface area contributed by atoms with Gasteiger partial charge in [-0.25, -0.2) is 0 Å². The molecule has 140 valence electrons. The van der Waals surface area contributed by atoms with E-state index in [9.17, 15) is 0 Å². The van der Waals surface area contributed by atoms with Gasteiger partial charge in [0.25, 0.3) is 0 Å². The summed E-state index contributed by atoms with van der Waals surface area (Å²) in [4.78, 5) is 11.3. The summed E-state index contributed by atoms with van der Waals surface area (Å²) in [6.45, 7) is 8.10. The number of allylic oxidation sites excluding steroid dienone is 3. The Morgan fingerprint density at radius 1 is 1.38 bits per heavy atom. The third kappa shape index (κ3) is 5.05. The van der Waals surface area contributed by atoms with Crippen LogP contribution in [0.5, 0.6) is 0 Å². The molecule has 0 saturated carbocycles. The van der Waals surface area contributed by atoms with Crippen molar-refractivity contribution in [1.29, 1.82) is 0 Å². The van der Waals surface area contributed by atoms with Gasteiger partial charge in [0, 0.05) is 42.8 Å². The molecule has 1 aromatic heterocycles. The first-order valence-corrected chi connectivity index (χ1v) is 9.33. The summed E-state index contributed by atoms with van der Waals surface area (Å²) >= 11 is 0. The first kappa shape index (κ1) is 19.9. The van der Waals surface area contributed by atoms with Crippen LogP contribution in [0.1, 0.15) is 38.4 Å². The number of likely N-dealkylation sites (N-methyl/N-ethyl adjacent to an activating group) is 1. The van der Waals surface area contributed by atoms with E-state index in [1.165, 1.54) is 11.1 Å². The summed E-state index contributed by atoms with van der Waals surface area (Å²) in [5, 5.41) is 6.64. The largest absolute Gasteiger partial charge is 0.337 e. The first-order chi connectivity index (χ1) is 12.6. The van der Waals surface area contributed by atoms with E-state index in [1.807, 2.05) is 25.4 Å². The molecule has 0 radical (unpaired) electrons. The Labute approximate surface area is 157 Å². The molecule has 0 bridgehead atoms. The van der Waals surface area contributed by atoms with Crippen LogP contribution in [0.3, 0.4) is 0 Å². The summed E-state index contributed by atoms with van der Waals surface area (Å²) < 4.78 is 0. The minimum Gasteiger partial charge on any atom is -0.337 e. The van der Waals surface area contributed by atoms with Gasteiger partial charge in [-0.05, 0) is 39.0 Å². The number of aliphatic imine (C=N–C) groups is 1. The van der Waals surface area contributed by atoms with Crippen LogP contribution < -0.4 is 10.6 Å². The second-order valence-corrected chi connectivity index (χ2v) is 6.38. The van der Waals surface area contributed by atoms with Crippen LogP contribution in [0.2, 0.25) is 0 Å². The zero-order valence-corrected chi connectivity index (χ0v) is 16.6. The van der Waals surface area contributed by atoms with E-state index in [0.29, 0.717) is 0 Å². The van der Waals surface area contributed by atoms with E-state index >= 15 is 0 Å². The van der Waals surface area contributed by atoms with Gasteiger partial charge in [-0.3, -0.25) is 9.98 Å². The van der Waals surface area contributed by atoms with Crippen LogP contribution in [-0.2, 0) is 6.42 Å². The predicted octanol–water partition coefficient (Wildman–Crippen LogP) is 3.34. The van der Waals surface area contributed by atoms with Crippen LogP contribution >= 0.6 is 0 Å². The molecular formula is C21H31N5. The molecule has 0 fully saturated rings. The van der Waals surface area contributed by atoms with E-state index < -0.39 is 0 Å². The van der Waals surface area contributed by atoms with Gasteiger partial charge in [-0.1, -0.05) is 31.6 Å². The standard InChI is InChI=1S/C21H31N5/c1-6-16(3)15-18(17-9-8-11-23-19(17)7-2)21-25-20(10-14-26(21)5)24-13-12-22-4/h8-11,14-15,22H,6-7,12-13H2,1-5H3,(H,24,25)/b16-15?,21-18+. The topological polar surface area (TPSA) is 52.6 Å². The minimum absolute atomic E-state index is 0.742. The van der Waals surface area contributed by atoms with Crippen molar-refractivity contribution >= 4 is 11.4 Å². The van der Waals surface area contributed by atoms with E-state index in [2.05, 4.69) is 71.7 Å². The van der Waals surface area contributed by atoms with Crippen LogP contribution in [-0.4, -0.2) is 42.9 Å². The second kappa shape index (κ2) is 9.92. The molecule has 0 saturated heterocycles. The third-order valence-corrected chi connectivity index (χ3v) is 4.42. The molecule has 0 unspecified atom stereocenters. The number of nitrogens with one attached hydrogen (secondary N) is 2. The molecule has 0 amide bonds. The summed E-state index contributed by atoms with van der Waals surface area (Å²) in [6, 6.07) is 4.16. The average Bonchev–Trinajstić information content (AvgIpc) is 2.67. The molecule has 1 aliphatic heterocycles. The fourth-order valence-electron chi connectivity index (χ4n) is 2.73. The summed E-state index contributed by atoms with van der Waals surface area (Å²) in [7, 11) is 3.99. The van der Waals surface area contributed by atoms with Crippen molar-refractivity contribution in [3.63, 3.8) is 0 Å². The van der Waals surface area contributed by atoms with Crippen molar-refractivity contribution in [1.82, 2.24) is 20.5 Å². The van der Waals surface area contributed by atoms with Crippen molar-refractivity contribution in [3.05, 3.63) is 59.3 Å². The van der Waals surface area contributed by atoms with E-state index in [1.54, 1.807) is 0 Å². The minimum atomic E-state index is 0.742. The second-order valence-electron chi connectivity index (χ2n) is 6.38. The maximum Gasteiger partial charge on any atom is 0.127 e. The Hall–Kier alpha value is -2.40. The molecule has 0 atom stereocenters. The monoisotopic (exact) mass is 353 g/mol. The number of hydrogen-bond donors (Lipinski definition) is 2. The Morgan fingerprint density at radius 3 is 2.88 bits per heavy atom. The fraction of sp³-hybridized carbons (Fsp3) is 0.429. The highest BCUT2D eigenvalue weighted by Crippen LogP contribution is 2.26. The first-order valence-electron chi connectivity index (χ1n) is 9.33. The molecule has 5 heteroatoms. The van der Waals surface area contributed by atoms with Crippen molar-refractivity contribution < 1.29 is 0 Å². The number of hydrogen-bond acceptors (Lipinski definition) is 4. The highest BCUT2D eigenvalue weighted by molar-refractivity contribution is 5.97. The number of pyridine rings is 1. The quantitative estimate of drug-likeness (QED) is 0.738. The molecule has 26 heavy (non-hydrogen) atoms. The van der Waals surface area contributed by atoms with Gasteiger partial charge in [0.05, 0.1) is 6.54 Å². The van der Waals surface area contributed by atoms with Crippen LogP contribution in [0, 0.1) is 0 Å². The number of aryl methyl sites for hydroxylation is 1. The van der Waals surface area contributed by atoms with Crippen molar-refractivity contribution in [2.24, 2.45) is 4.99 Å². The summed E-state index contributed by atoms with van der Waals surface area (Å²) in [5.41, 5.74) is 4.76. The Bertz CT molecular complexity index is 728. The smallest absolute Gasteiger partial charge is 0.127 e. The normalized spacial score (nSPS) is 18.3. The lowest BCUT2D eigenvalue weighted by atomic mass is 9.99. The zero-order valence-electron chi connectivity index (χ0n) is 16.6. The SMILES string of the molecule is CCC(C)=C/C(=C1/NC(=NCCNC)C=CN1C)c1cccnc1CC. The van der Waals surface area contributed by atoms with Crippen LogP contribution in [0.25, 0.3) is 5.57 Å². The summed E-state index contributed by atoms with van der Waals surface area (Å²) in [5.74, 6) is 1.92. The van der Waals surface area contributed by atoms with Gasteiger partial charge in [0.15, 0.2) is 0 Å². The number of nitrogens with zero attached hydrogens (tertiary/aromatic N) is 3. The average molecular weight is 354 g/mol. The van der Waals surface area contributed by atoms with Gasteiger partial charge in [0.2, 0.25) is 0 Å². The predicted molar refractivity (Wildman–Crippen MR) is 111 cm³/mol. The Balaban J connectivity index is 2.55. The molecule has 0 aliphatic carbocycles. The fourth-order valence-corrected chi connectivity index (χ4v) is 2.73. The third-order valence-electron chi connectivity index (χ3n) is 4.42. The number of amidine groups is 1. The lowest BCUT2D eigenvalue weighted by Crippen LogP contribution is -2.35. The van der Waals surface area contributed by atoms with Crippen molar-refractivity contribution in [3.8, 4) is 0 Å². The molecule has 2 heterocycles. The number of aromatic nitrogens is 1. The number of rotatable bonds is 7. The molecule has 2 N–H and O–H groups in total. The van der Waals surface area contributed by atoms with Gasteiger partial charge in [-0.2, -0.15) is 0 Å². The lowest BCUT2D eigenvalue weighted by Gasteiger charge is -2.28. The van der Waals surface area contributed by atoms with Gasteiger partial charge < -0.3 is 15.5 Å². The maximum absolute atomic E-state index is 4.63. The summed E-state index contributed by atoms with van der Waals surface area (Å²) in [6.07, 6.45) is 10.1. The van der Waals surface area contributed by atoms with Crippen LogP contribution in [0.15, 0.2) is 53.1 Å². The zero-order chi connectivity index (χ0) is 18.9. The van der Waals surface area contributed by atoms with Gasteiger partial charge >= 0.3 is 0 Å².